The van der Waals surface area contributed by atoms with Crippen molar-refractivity contribution < 1.29 is 0 Å². The molecule has 0 spiro atoms. The first-order valence-electron chi connectivity index (χ1n) is 35.0. The third-order valence-electron chi connectivity index (χ3n) is 20.7. The first kappa shape index (κ1) is 62.2. The number of nitrogens with zero attached hydrogens (tertiary/aromatic N) is 3. The Bertz CT molecular complexity index is 5060. The summed E-state index contributed by atoms with van der Waals surface area (Å²) in [5.74, 6) is 0. The van der Waals surface area contributed by atoms with Gasteiger partial charge >= 0.3 is 0 Å². The van der Waals surface area contributed by atoms with E-state index in [9.17, 15) is 0 Å². The monoisotopic (exact) mass is 1270 g/mol. The zero-order valence-electron chi connectivity index (χ0n) is 58.6. The molecule has 0 aliphatic carbocycles. The Morgan fingerprint density at radius 3 is 0.867 bits per heavy atom. The van der Waals surface area contributed by atoms with Gasteiger partial charge in [0.05, 0.1) is 16.7 Å². The van der Waals surface area contributed by atoms with Gasteiger partial charge in [-0.15, -0.1) is 0 Å². The number of fused-ring (bicyclic) bond motifs is 7. The first-order valence-corrected chi connectivity index (χ1v) is 35.0. The van der Waals surface area contributed by atoms with Gasteiger partial charge in [0.15, 0.2) is 0 Å². The van der Waals surface area contributed by atoms with E-state index in [0.717, 1.165) is 39.5 Å². The Hall–Kier alpha value is -10.7. The molecule has 1 aromatic heterocycles. The minimum absolute atomic E-state index is 0.212. The molecule has 4 heteroatoms. The van der Waals surface area contributed by atoms with E-state index in [4.69, 9.17) is 0 Å². The average Bonchev–Trinajstić information content (AvgIpc) is 0.776. The van der Waals surface area contributed by atoms with Crippen LogP contribution in [0.4, 0.5) is 34.1 Å². The van der Waals surface area contributed by atoms with Gasteiger partial charge in [-0.25, -0.2) is 0 Å². The molecular formula is C94H84BN3. The highest BCUT2D eigenvalue weighted by atomic mass is 15.2. The minimum atomic E-state index is -0.243. The fourth-order valence-electron chi connectivity index (χ4n) is 16.0. The zero-order valence-corrected chi connectivity index (χ0v) is 58.6. The molecule has 3 heterocycles. The highest BCUT2D eigenvalue weighted by Crippen LogP contribution is 2.52. The second-order valence-corrected chi connectivity index (χ2v) is 31.4. The van der Waals surface area contributed by atoms with Crippen LogP contribution < -0.4 is 26.2 Å². The van der Waals surface area contributed by atoms with Crippen molar-refractivity contribution in [2.24, 2.45) is 0 Å². The van der Waals surface area contributed by atoms with Crippen LogP contribution in [0.3, 0.4) is 0 Å². The van der Waals surface area contributed by atoms with Crippen molar-refractivity contribution in [2.45, 2.75) is 105 Å². The van der Waals surface area contributed by atoms with Gasteiger partial charge in [-0.2, -0.15) is 0 Å². The zero-order chi connectivity index (χ0) is 67.6. The van der Waals surface area contributed by atoms with E-state index >= 15 is 0 Å². The Morgan fingerprint density at radius 2 is 0.541 bits per heavy atom. The molecule has 3 nitrogen and oxygen atoms in total. The van der Waals surface area contributed by atoms with Crippen molar-refractivity contribution in [1.29, 1.82) is 0 Å². The van der Waals surface area contributed by atoms with Crippen LogP contribution in [0.5, 0.6) is 0 Å². The maximum absolute atomic E-state index is 2.68. The lowest BCUT2D eigenvalue weighted by Crippen LogP contribution is -2.61. The summed E-state index contributed by atoms with van der Waals surface area (Å²) in [6.45, 7) is 28.4. The van der Waals surface area contributed by atoms with Gasteiger partial charge in [0.25, 0.3) is 6.71 Å². The molecule has 0 unspecified atom stereocenters. The number of hydrogen-bond acceptors (Lipinski definition) is 2. The molecule has 0 atom stereocenters. The van der Waals surface area contributed by atoms with E-state index in [2.05, 4.69) is 389 Å². The van der Waals surface area contributed by atoms with Gasteiger partial charge < -0.3 is 14.4 Å². The van der Waals surface area contributed by atoms with Crippen LogP contribution in [0.1, 0.15) is 105 Å². The molecule has 0 fully saturated rings. The summed E-state index contributed by atoms with van der Waals surface area (Å²) < 4.78 is 2.58. The molecule has 0 N–H and O–H groups in total. The average molecular weight is 1270 g/mol. The second-order valence-electron chi connectivity index (χ2n) is 31.4. The predicted molar refractivity (Wildman–Crippen MR) is 422 cm³/mol. The molecular weight excluding hydrogens is 1180 g/mol. The molecule has 0 saturated carbocycles. The van der Waals surface area contributed by atoms with E-state index < -0.39 is 0 Å². The van der Waals surface area contributed by atoms with Crippen LogP contribution in [0, 0.1) is 0 Å². The lowest BCUT2D eigenvalue weighted by atomic mass is 9.33. The lowest BCUT2D eigenvalue weighted by Gasteiger charge is -2.46. The highest BCUT2D eigenvalue weighted by molar-refractivity contribution is 7.00. The molecule has 2 aliphatic rings. The Balaban J connectivity index is 1.10. The number of hydrogen-bond donors (Lipinski definition) is 0. The molecule has 13 aromatic carbocycles. The topological polar surface area (TPSA) is 11.4 Å². The van der Waals surface area contributed by atoms with Crippen LogP contribution in [0.2, 0.25) is 0 Å². The quantitative estimate of drug-likeness (QED) is 0.133. The SMILES string of the molecule is CC(C)(C)c1cc(N2c3cc(C(C)(C)C)c(-c4ccccc4)cc3B3c4cc(-c5ccccc5)c(C(C)(C)C)cc4N(c4ccc(-c5ccccc5)c(C(C)(C)C)c4)c4cc(-n5c6ccc(-c7ccccc7)cc6c6cc(-c7ccccc7)ccc65)cc2c43)ccc1-c1ccccc1. The van der Waals surface area contributed by atoms with Crippen LogP contribution in [0.25, 0.3) is 94.3 Å². The normalized spacial score (nSPS) is 13.0. The molecule has 14 aromatic rings. The predicted octanol–water partition coefficient (Wildman–Crippen LogP) is 24.1. The Kier molecular flexibility index (Phi) is 14.9. The molecule has 0 saturated heterocycles. The Labute approximate surface area is 580 Å². The van der Waals surface area contributed by atoms with Crippen LogP contribution >= 0.6 is 0 Å². The molecule has 0 bridgehead atoms. The summed E-state index contributed by atoms with van der Waals surface area (Å²) in [5.41, 5.74) is 33.0. The standard InChI is InChI=1S/C94H84BN3/c1-91(2,3)78-53-69(45-47-72(78)63-35-23-15-24-36-63)96-86-59-80(93(7,8)9)74(65-39-27-17-28-40-65)57-82(86)95-83-58-75(66-41-29-18-30-42-66)81(94(10,11)12)60-87(83)97(70-46-48-73(64-37-25-16-26-38-64)79(54-70)92(4,5)6)89-56-71(55-88(96)90(89)95)98-84-49-43-67(61-31-19-13-20-32-61)51-76(84)77-52-68(44-50-85(77)98)62-33-21-14-22-34-62/h13-60H,1-12H3. The highest BCUT2D eigenvalue weighted by Gasteiger charge is 2.46. The number of benzene rings is 13. The minimum Gasteiger partial charge on any atom is -0.311 e. The third-order valence-corrected chi connectivity index (χ3v) is 20.7. The number of aromatic nitrogens is 1. The van der Waals surface area contributed by atoms with E-state index in [-0.39, 0.29) is 28.4 Å². The fourth-order valence-corrected chi connectivity index (χ4v) is 16.0. The molecule has 16 rings (SSSR count). The van der Waals surface area contributed by atoms with Gasteiger partial charge in [0, 0.05) is 44.9 Å². The van der Waals surface area contributed by atoms with Gasteiger partial charge in [-0.1, -0.05) is 301 Å². The van der Waals surface area contributed by atoms with Crippen molar-refractivity contribution in [2.75, 3.05) is 9.80 Å². The van der Waals surface area contributed by atoms with E-state index in [0.29, 0.717) is 0 Å². The summed E-state index contributed by atoms with van der Waals surface area (Å²) >= 11 is 0. The summed E-state index contributed by atoms with van der Waals surface area (Å²) in [4.78, 5) is 5.36. The van der Waals surface area contributed by atoms with Crippen LogP contribution in [-0.2, 0) is 21.7 Å². The molecule has 0 radical (unpaired) electrons. The summed E-state index contributed by atoms with van der Waals surface area (Å²) in [7, 11) is 0. The van der Waals surface area contributed by atoms with Gasteiger partial charge in [0.2, 0.25) is 0 Å². The van der Waals surface area contributed by atoms with Crippen molar-refractivity contribution >= 4 is 79.0 Å². The molecule has 98 heavy (non-hydrogen) atoms. The summed E-state index contributed by atoms with van der Waals surface area (Å²) in [6.07, 6.45) is 0. The molecule has 0 amide bonds. The number of rotatable bonds is 9. The largest absolute Gasteiger partial charge is 0.311 e. The maximum Gasteiger partial charge on any atom is 0.252 e. The van der Waals surface area contributed by atoms with Crippen LogP contribution in [0.15, 0.2) is 291 Å². The van der Waals surface area contributed by atoms with Crippen LogP contribution in [-0.4, -0.2) is 11.3 Å². The van der Waals surface area contributed by atoms with E-state index in [1.165, 1.54) is 128 Å². The van der Waals surface area contributed by atoms with Gasteiger partial charge in [0.1, 0.15) is 0 Å². The lowest BCUT2D eigenvalue weighted by molar-refractivity contribution is 0.591. The van der Waals surface area contributed by atoms with Gasteiger partial charge in [-0.05, 0) is 200 Å². The van der Waals surface area contributed by atoms with E-state index in [1.54, 1.807) is 0 Å². The van der Waals surface area contributed by atoms with Crippen molar-refractivity contribution in [1.82, 2.24) is 4.57 Å². The van der Waals surface area contributed by atoms with Crippen molar-refractivity contribution in [3.8, 4) is 72.4 Å². The molecule has 478 valence electrons. The van der Waals surface area contributed by atoms with Gasteiger partial charge in [-0.3, -0.25) is 0 Å². The first-order chi connectivity index (χ1) is 47.2. The number of anilines is 6. The van der Waals surface area contributed by atoms with Crippen molar-refractivity contribution in [3.05, 3.63) is 313 Å². The smallest absolute Gasteiger partial charge is 0.252 e. The molecule has 2 aliphatic heterocycles. The maximum atomic E-state index is 2.68. The summed E-state index contributed by atoms with van der Waals surface area (Å²) in [6, 6.07) is 111. The Morgan fingerprint density at radius 1 is 0.235 bits per heavy atom. The van der Waals surface area contributed by atoms with E-state index in [1.807, 2.05) is 0 Å². The van der Waals surface area contributed by atoms with Crippen molar-refractivity contribution in [3.63, 3.8) is 0 Å². The summed E-state index contributed by atoms with van der Waals surface area (Å²) in [5, 5.41) is 2.41. The third kappa shape index (κ3) is 10.8. The fraction of sp³-hybridized carbons (Fsp3) is 0.170. The second kappa shape index (κ2) is 23.6.